The molecular weight excluding hydrogens is 150 g/mol. The maximum Gasteiger partial charge on any atom is 0.163 e. The zero-order chi connectivity index (χ0) is 8.72. The van der Waals surface area contributed by atoms with Gasteiger partial charge in [0.1, 0.15) is 0 Å². The third-order valence-corrected chi connectivity index (χ3v) is 2.42. The molecule has 62 valence electrons. The summed E-state index contributed by atoms with van der Waals surface area (Å²) in [7, 11) is 0. The fourth-order valence-electron chi connectivity index (χ4n) is 1.87. The van der Waals surface area contributed by atoms with Crippen LogP contribution in [0.4, 0.5) is 5.69 Å². The van der Waals surface area contributed by atoms with Crippen molar-refractivity contribution in [1.82, 2.24) is 0 Å². The molecule has 1 aliphatic carbocycles. The molecule has 0 saturated carbocycles. The quantitative estimate of drug-likeness (QED) is 0.591. The van der Waals surface area contributed by atoms with Gasteiger partial charge in [-0.1, -0.05) is 19.1 Å². The van der Waals surface area contributed by atoms with Gasteiger partial charge in [-0.05, 0) is 17.5 Å². The van der Waals surface area contributed by atoms with Crippen molar-refractivity contribution in [3.63, 3.8) is 0 Å². The number of ketones is 1. The summed E-state index contributed by atoms with van der Waals surface area (Å²) in [4.78, 5) is 11.4. The number of rotatable bonds is 0. The highest BCUT2D eigenvalue weighted by Gasteiger charge is 2.27. The lowest BCUT2D eigenvalue weighted by Crippen LogP contribution is -1.95. The number of carbonyl (C=O) groups is 1. The number of carbonyl (C=O) groups excluding carboxylic acids is 1. The molecule has 0 bridgehead atoms. The average Bonchev–Trinajstić information content (AvgIpc) is 2.29. The highest BCUT2D eigenvalue weighted by molar-refractivity contribution is 6.02. The van der Waals surface area contributed by atoms with Gasteiger partial charge in [0.05, 0.1) is 0 Å². The van der Waals surface area contributed by atoms with Crippen molar-refractivity contribution in [2.24, 2.45) is 0 Å². The Morgan fingerprint density at radius 1 is 1.50 bits per heavy atom. The molecule has 0 fully saturated rings. The van der Waals surface area contributed by atoms with Gasteiger partial charge in [-0.2, -0.15) is 0 Å². The number of fused-ring (bicyclic) bond motifs is 1. The molecule has 2 nitrogen and oxygen atoms in total. The fourth-order valence-corrected chi connectivity index (χ4v) is 1.87. The minimum absolute atomic E-state index is 0.227. The molecule has 2 N–H and O–H groups in total. The van der Waals surface area contributed by atoms with Crippen LogP contribution in [0, 0.1) is 0 Å². The molecule has 1 atom stereocenters. The van der Waals surface area contributed by atoms with Crippen molar-refractivity contribution < 1.29 is 4.79 Å². The van der Waals surface area contributed by atoms with E-state index in [1.807, 2.05) is 25.1 Å². The molecule has 1 unspecified atom stereocenters. The summed E-state index contributed by atoms with van der Waals surface area (Å²) in [5.41, 5.74) is 8.39. The van der Waals surface area contributed by atoms with Crippen LogP contribution >= 0.6 is 0 Å². The molecule has 1 aliphatic rings. The van der Waals surface area contributed by atoms with Crippen molar-refractivity contribution in [1.29, 1.82) is 0 Å². The molecule has 0 aliphatic heterocycles. The van der Waals surface area contributed by atoms with E-state index in [9.17, 15) is 4.79 Å². The third kappa shape index (κ3) is 0.843. The van der Waals surface area contributed by atoms with E-state index in [0.717, 1.165) is 16.8 Å². The largest absolute Gasteiger partial charge is 0.398 e. The number of Topliss-reactive ketones (excluding diaryl/α,β-unsaturated/α-hetero) is 1. The van der Waals surface area contributed by atoms with E-state index >= 15 is 0 Å². The average molecular weight is 161 g/mol. The Morgan fingerprint density at radius 2 is 2.25 bits per heavy atom. The number of nitrogen functional groups attached to an aromatic ring is 1. The summed E-state index contributed by atoms with van der Waals surface area (Å²) in [5, 5.41) is 0. The van der Waals surface area contributed by atoms with Crippen LogP contribution in [0.5, 0.6) is 0 Å². The lowest BCUT2D eigenvalue weighted by Gasteiger charge is -2.05. The minimum Gasteiger partial charge on any atom is -0.398 e. The predicted molar refractivity (Wildman–Crippen MR) is 48.2 cm³/mol. The van der Waals surface area contributed by atoms with Gasteiger partial charge in [0.15, 0.2) is 5.78 Å². The highest BCUT2D eigenvalue weighted by atomic mass is 16.1. The van der Waals surface area contributed by atoms with Crippen LogP contribution in [0.15, 0.2) is 18.2 Å². The highest BCUT2D eigenvalue weighted by Crippen LogP contribution is 2.36. The third-order valence-electron chi connectivity index (χ3n) is 2.42. The van der Waals surface area contributed by atoms with E-state index in [4.69, 9.17) is 5.73 Å². The van der Waals surface area contributed by atoms with Gasteiger partial charge >= 0.3 is 0 Å². The van der Waals surface area contributed by atoms with E-state index in [2.05, 4.69) is 0 Å². The number of anilines is 1. The zero-order valence-electron chi connectivity index (χ0n) is 7.00. The summed E-state index contributed by atoms with van der Waals surface area (Å²) in [6.07, 6.45) is 0.615. The molecule has 0 spiro atoms. The zero-order valence-corrected chi connectivity index (χ0v) is 7.00. The second kappa shape index (κ2) is 2.34. The van der Waals surface area contributed by atoms with Crippen molar-refractivity contribution >= 4 is 11.5 Å². The Balaban J connectivity index is 2.67. The van der Waals surface area contributed by atoms with Crippen molar-refractivity contribution in [3.8, 4) is 0 Å². The molecule has 0 saturated heterocycles. The number of hydrogen-bond donors (Lipinski definition) is 1. The van der Waals surface area contributed by atoms with E-state index in [-0.39, 0.29) is 5.78 Å². The van der Waals surface area contributed by atoms with Crippen LogP contribution in [-0.4, -0.2) is 5.78 Å². The molecule has 0 aromatic heterocycles. The lowest BCUT2D eigenvalue weighted by atomic mass is 10.0. The normalized spacial score (nSPS) is 21.1. The van der Waals surface area contributed by atoms with E-state index in [1.165, 1.54) is 0 Å². The van der Waals surface area contributed by atoms with Gasteiger partial charge in [0.2, 0.25) is 0 Å². The maximum absolute atomic E-state index is 11.4. The smallest absolute Gasteiger partial charge is 0.163 e. The van der Waals surface area contributed by atoms with Gasteiger partial charge in [0.25, 0.3) is 0 Å². The maximum atomic E-state index is 11.4. The monoisotopic (exact) mass is 161 g/mol. The van der Waals surface area contributed by atoms with Crippen LogP contribution in [0.1, 0.15) is 35.2 Å². The van der Waals surface area contributed by atoms with E-state index in [0.29, 0.717) is 12.3 Å². The fraction of sp³-hybridized carbons (Fsp3) is 0.300. The van der Waals surface area contributed by atoms with Crippen molar-refractivity contribution in [3.05, 3.63) is 29.3 Å². The molecule has 2 rings (SSSR count). The Morgan fingerprint density at radius 3 is 2.92 bits per heavy atom. The Kier molecular flexibility index (Phi) is 1.43. The first-order chi connectivity index (χ1) is 5.70. The van der Waals surface area contributed by atoms with Gasteiger partial charge in [-0.25, -0.2) is 0 Å². The molecule has 1 aromatic rings. The van der Waals surface area contributed by atoms with Crippen LogP contribution in [0.25, 0.3) is 0 Å². The van der Waals surface area contributed by atoms with Crippen LogP contribution in [0.3, 0.4) is 0 Å². The standard InChI is InChI=1S/C10H11NO/c1-6-5-9(12)7-3-2-4-8(11)10(6)7/h2-4,6H,5,11H2,1H3. The second-order valence-electron chi connectivity index (χ2n) is 3.34. The van der Waals surface area contributed by atoms with E-state index in [1.54, 1.807) is 0 Å². The lowest BCUT2D eigenvalue weighted by molar-refractivity contribution is 0.0990. The first kappa shape index (κ1) is 7.35. The first-order valence-electron chi connectivity index (χ1n) is 4.11. The summed E-state index contributed by atoms with van der Waals surface area (Å²) >= 11 is 0. The van der Waals surface area contributed by atoms with Crippen LogP contribution in [0.2, 0.25) is 0 Å². The molecule has 2 heteroatoms. The van der Waals surface area contributed by atoms with Gasteiger partial charge in [-0.3, -0.25) is 4.79 Å². The van der Waals surface area contributed by atoms with Crippen molar-refractivity contribution in [2.75, 3.05) is 5.73 Å². The summed E-state index contributed by atoms with van der Waals surface area (Å²) in [5.74, 6) is 0.526. The summed E-state index contributed by atoms with van der Waals surface area (Å²) in [6.45, 7) is 2.04. The minimum atomic E-state index is 0.227. The van der Waals surface area contributed by atoms with Gasteiger partial charge < -0.3 is 5.73 Å². The van der Waals surface area contributed by atoms with Crippen LogP contribution < -0.4 is 5.73 Å². The Labute approximate surface area is 71.4 Å². The molecule has 0 heterocycles. The molecule has 1 aromatic carbocycles. The summed E-state index contributed by atoms with van der Waals surface area (Å²) in [6, 6.07) is 5.55. The number of nitrogens with two attached hydrogens (primary N) is 1. The second-order valence-corrected chi connectivity index (χ2v) is 3.34. The topological polar surface area (TPSA) is 43.1 Å². The van der Waals surface area contributed by atoms with Gasteiger partial charge in [0, 0.05) is 17.7 Å². The Bertz CT molecular complexity index is 344. The van der Waals surface area contributed by atoms with Gasteiger partial charge in [-0.15, -0.1) is 0 Å². The molecule has 12 heavy (non-hydrogen) atoms. The number of hydrogen-bond acceptors (Lipinski definition) is 2. The Hall–Kier alpha value is -1.31. The van der Waals surface area contributed by atoms with E-state index < -0.39 is 0 Å². The van der Waals surface area contributed by atoms with Crippen molar-refractivity contribution in [2.45, 2.75) is 19.3 Å². The molecule has 0 amide bonds. The predicted octanol–water partition coefficient (Wildman–Crippen LogP) is 1.96. The number of benzene rings is 1. The molecule has 0 radical (unpaired) electrons. The van der Waals surface area contributed by atoms with Crippen LogP contribution in [-0.2, 0) is 0 Å². The summed E-state index contributed by atoms with van der Waals surface area (Å²) < 4.78 is 0. The SMILES string of the molecule is CC1CC(=O)c2cccc(N)c21. The first-order valence-corrected chi connectivity index (χ1v) is 4.11. The molecular formula is C10H11NO.